The number of para-hydroxylation sites is 2. The monoisotopic (exact) mass is 354 g/mol. The molecule has 0 saturated carbocycles. The molecule has 0 bridgehead atoms. The van der Waals surface area contributed by atoms with Gasteiger partial charge in [-0.3, -0.25) is 4.79 Å². The van der Waals surface area contributed by atoms with Crippen LogP contribution in [0.25, 0.3) is 0 Å². The second-order valence-electron chi connectivity index (χ2n) is 6.53. The maximum atomic E-state index is 12.5. The van der Waals surface area contributed by atoms with E-state index in [0.29, 0.717) is 29.6 Å². The highest BCUT2D eigenvalue weighted by Crippen LogP contribution is 2.32. The van der Waals surface area contributed by atoms with Crippen LogP contribution in [-0.4, -0.2) is 39.3 Å². The number of nitrogens with one attached hydrogen (secondary N) is 1. The average molecular weight is 354 g/mol. The highest BCUT2D eigenvalue weighted by Gasteiger charge is 2.24. The Morgan fingerprint density at radius 1 is 1.15 bits per heavy atom. The lowest BCUT2D eigenvalue weighted by atomic mass is 10.1. The van der Waals surface area contributed by atoms with Gasteiger partial charge < -0.3 is 19.7 Å². The van der Waals surface area contributed by atoms with Gasteiger partial charge in [-0.1, -0.05) is 24.3 Å². The van der Waals surface area contributed by atoms with Gasteiger partial charge in [-0.05, 0) is 43.5 Å². The molecule has 0 fully saturated rings. The van der Waals surface area contributed by atoms with Crippen LogP contribution < -0.4 is 19.7 Å². The molecule has 5 nitrogen and oxygen atoms in total. The van der Waals surface area contributed by atoms with Gasteiger partial charge in [0, 0.05) is 24.8 Å². The second kappa shape index (κ2) is 8.13. The molecule has 1 amide bonds. The largest absolute Gasteiger partial charge is 0.493 e. The number of nitrogens with zero attached hydrogens (tertiary/aromatic N) is 1. The van der Waals surface area contributed by atoms with Gasteiger partial charge in [-0.2, -0.15) is 0 Å². The minimum Gasteiger partial charge on any atom is -0.493 e. The molecule has 1 aliphatic rings. The smallest absolute Gasteiger partial charge is 0.255 e. The number of carbonyl (C=O) groups excluding carboxylic acids is 1. The summed E-state index contributed by atoms with van der Waals surface area (Å²) in [6.45, 7) is 3.79. The first-order valence-corrected chi connectivity index (χ1v) is 8.99. The zero-order valence-corrected chi connectivity index (χ0v) is 15.6. The summed E-state index contributed by atoms with van der Waals surface area (Å²) in [7, 11) is 3.11. The molecule has 1 atom stereocenters. The summed E-state index contributed by atoms with van der Waals surface area (Å²) < 4.78 is 10.6. The lowest BCUT2D eigenvalue weighted by Crippen LogP contribution is -2.33. The molecule has 5 heteroatoms. The molecule has 0 radical (unpaired) electrons. The Morgan fingerprint density at radius 3 is 2.73 bits per heavy atom. The van der Waals surface area contributed by atoms with Crippen LogP contribution in [0.2, 0.25) is 0 Å². The van der Waals surface area contributed by atoms with Crippen LogP contribution in [0.3, 0.4) is 0 Å². The van der Waals surface area contributed by atoms with Gasteiger partial charge >= 0.3 is 0 Å². The number of fused-ring (bicyclic) bond motifs is 1. The number of hydrogen-bond acceptors (Lipinski definition) is 4. The van der Waals surface area contributed by atoms with E-state index in [-0.39, 0.29) is 5.91 Å². The minimum atomic E-state index is -0.143. The van der Waals surface area contributed by atoms with Crippen molar-refractivity contribution in [3.05, 3.63) is 53.6 Å². The highest BCUT2D eigenvalue weighted by molar-refractivity contribution is 5.97. The van der Waals surface area contributed by atoms with Gasteiger partial charge in [0.2, 0.25) is 0 Å². The quantitative estimate of drug-likeness (QED) is 0.776. The van der Waals surface area contributed by atoms with Crippen molar-refractivity contribution in [3.8, 4) is 11.5 Å². The van der Waals surface area contributed by atoms with Gasteiger partial charge in [0.15, 0.2) is 11.5 Å². The normalized spacial score (nSPS) is 15.5. The maximum Gasteiger partial charge on any atom is 0.255 e. The molecule has 3 rings (SSSR count). The van der Waals surface area contributed by atoms with Crippen molar-refractivity contribution in [2.24, 2.45) is 0 Å². The molecule has 0 aromatic heterocycles. The Labute approximate surface area is 154 Å². The van der Waals surface area contributed by atoms with E-state index >= 15 is 0 Å². The van der Waals surface area contributed by atoms with Crippen LogP contribution in [0.1, 0.15) is 29.3 Å². The zero-order valence-electron chi connectivity index (χ0n) is 15.6. The van der Waals surface area contributed by atoms with Crippen molar-refractivity contribution in [2.45, 2.75) is 25.8 Å². The standard InChI is InChI=1S/C21H26N2O3/c1-15-14-16-8-4-5-10-18(16)23(15)13-7-12-22-21(24)17-9-6-11-19(25-2)20(17)26-3/h4-6,8-11,15H,7,12-14H2,1-3H3,(H,22,24). The zero-order chi connectivity index (χ0) is 18.5. The van der Waals surface area contributed by atoms with Gasteiger partial charge in [0.05, 0.1) is 19.8 Å². The molecule has 1 unspecified atom stereocenters. The van der Waals surface area contributed by atoms with Crippen molar-refractivity contribution >= 4 is 11.6 Å². The fourth-order valence-corrected chi connectivity index (χ4v) is 3.58. The molecule has 0 aliphatic carbocycles. The van der Waals surface area contributed by atoms with Crippen molar-refractivity contribution in [1.29, 1.82) is 0 Å². The molecule has 2 aromatic rings. The van der Waals surface area contributed by atoms with Crippen LogP contribution in [0, 0.1) is 0 Å². The van der Waals surface area contributed by atoms with E-state index in [9.17, 15) is 4.79 Å². The predicted molar refractivity (Wildman–Crippen MR) is 103 cm³/mol. The van der Waals surface area contributed by atoms with Crippen molar-refractivity contribution in [3.63, 3.8) is 0 Å². The first kappa shape index (κ1) is 18.1. The highest BCUT2D eigenvalue weighted by atomic mass is 16.5. The Morgan fingerprint density at radius 2 is 1.96 bits per heavy atom. The Balaban J connectivity index is 1.55. The van der Waals surface area contributed by atoms with E-state index in [0.717, 1.165) is 19.4 Å². The number of rotatable bonds is 7. The van der Waals surface area contributed by atoms with Crippen molar-refractivity contribution < 1.29 is 14.3 Å². The second-order valence-corrected chi connectivity index (χ2v) is 6.53. The average Bonchev–Trinajstić information content (AvgIpc) is 2.99. The van der Waals surface area contributed by atoms with Crippen LogP contribution in [0.4, 0.5) is 5.69 Å². The summed E-state index contributed by atoms with van der Waals surface area (Å²) >= 11 is 0. The third kappa shape index (κ3) is 3.62. The summed E-state index contributed by atoms with van der Waals surface area (Å²) in [5.41, 5.74) is 3.22. The maximum absolute atomic E-state index is 12.5. The number of anilines is 1. The lowest BCUT2D eigenvalue weighted by Gasteiger charge is -2.25. The molecule has 2 aromatic carbocycles. The van der Waals surface area contributed by atoms with Crippen molar-refractivity contribution in [1.82, 2.24) is 5.32 Å². The number of methoxy groups -OCH3 is 2. The molecule has 138 valence electrons. The lowest BCUT2D eigenvalue weighted by molar-refractivity contribution is 0.0949. The van der Waals surface area contributed by atoms with Gasteiger partial charge in [0.25, 0.3) is 5.91 Å². The topological polar surface area (TPSA) is 50.8 Å². The first-order valence-electron chi connectivity index (χ1n) is 8.99. The van der Waals surface area contributed by atoms with E-state index < -0.39 is 0 Å². The Hall–Kier alpha value is -2.69. The molecule has 1 heterocycles. The summed E-state index contributed by atoms with van der Waals surface area (Å²) in [6.07, 6.45) is 1.97. The summed E-state index contributed by atoms with van der Waals surface area (Å²) in [4.78, 5) is 14.9. The fraction of sp³-hybridized carbons (Fsp3) is 0.381. The molecule has 0 saturated heterocycles. The number of amides is 1. The summed E-state index contributed by atoms with van der Waals surface area (Å²) in [5, 5.41) is 2.99. The molecular weight excluding hydrogens is 328 g/mol. The summed E-state index contributed by atoms with van der Waals surface area (Å²) in [5.74, 6) is 0.882. The Bertz CT molecular complexity index is 776. The van der Waals surface area contributed by atoms with E-state index in [2.05, 4.69) is 41.4 Å². The van der Waals surface area contributed by atoms with E-state index in [1.54, 1.807) is 32.4 Å². The molecule has 1 aliphatic heterocycles. The first-order chi connectivity index (χ1) is 12.7. The Kier molecular flexibility index (Phi) is 5.66. The van der Waals surface area contributed by atoms with Gasteiger partial charge in [-0.25, -0.2) is 0 Å². The van der Waals surface area contributed by atoms with E-state index in [4.69, 9.17) is 9.47 Å². The van der Waals surface area contributed by atoms with Crippen LogP contribution >= 0.6 is 0 Å². The fourth-order valence-electron chi connectivity index (χ4n) is 3.58. The SMILES string of the molecule is COc1cccc(C(=O)NCCCN2c3ccccc3CC2C)c1OC. The van der Waals surface area contributed by atoms with Crippen LogP contribution in [-0.2, 0) is 6.42 Å². The minimum absolute atomic E-state index is 0.143. The number of ether oxygens (including phenoxy) is 2. The van der Waals surface area contributed by atoms with Gasteiger partial charge in [0.1, 0.15) is 0 Å². The molecular formula is C21H26N2O3. The van der Waals surface area contributed by atoms with Crippen LogP contribution in [0.15, 0.2) is 42.5 Å². The van der Waals surface area contributed by atoms with Crippen LogP contribution in [0.5, 0.6) is 11.5 Å². The number of benzene rings is 2. The molecule has 26 heavy (non-hydrogen) atoms. The summed E-state index contributed by atoms with van der Waals surface area (Å²) in [6, 6.07) is 14.4. The van der Waals surface area contributed by atoms with Crippen molar-refractivity contribution in [2.75, 3.05) is 32.2 Å². The van der Waals surface area contributed by atoms with Gasteiger partial charge in [-0.15, -0.1) is 0 Å². The predicted octanol–water partition coefficient (Wildman–Crippen LogP) is 3.27. The molecule has 1 N–H and O–H groups in total. The van der Waals surface area contributed by atoms with E-state index in [1.807, 2.05) is 0 Å². The number of carbonyl (C=O) groups is 1. The molecule has 0 spiro atoms. The third-order valence-corrected chi connectivity index (χ3v) is 4.86. The number of hydrogen-bond donors (Lipinski definition) is 1. The van der Waals surface area contributed by atoms with E-state index in [1.165, 1.54) is 11.3 Å². The third-order valence-electron chi connectivity index (χ3n) is 4.86.